The first kappa shape index (κ1) is 14.7. The third-order valence-electron chi connectivity index (χ3n) is 6.30. The molecule has 0 aromatic heterocycles. The van der Waals surface area contributed by atoms with Gasteiger partial charge in [-0.15, -0.1) is 0 Å². The molecule has 1 aromatic carbocycles. The van der Waals surface area contributed by atoms with Gasteiger partial charge in [-0.3, -0.25) is 10.1 Å². The maximum atomic E-state index is 12.1. The van der Waals surface area contributed by atoms with Crippen LogP contribution in [-0.2, 0) is 4.79 Å². The van der Waals surface area contributed by atoms with E-state index in [1.54, 1.807) is 12.1 Å². The van der Waals surface area contributed by atoms with Crippen molar-refractivity contribution in [1.82, 2.24) is 0 Å². The van der Waals surface area contributed by atoms with Crippen LogP contribution in [0, 0.1) is 22.0 Å². The molecule has 4 aliphatic rings. The molecule has 0 amide bonds. The van der Waals surface area contributed by atoms with Gasteiger partial charge in [0.1, 0.15) is 6.04 Å². The standard InChI is InChI=1S/C19H18N2O4/c22-19(23)18-14-6-2-5-13(14)16-8-11(21(24)25)7-15-12-4-1-3-10(12)9-20(18)17(15)16/h1-2,4-5,7-8,10,12-14,18H,3,6,9H2,(H,22,23). The number of nitro groups is 1. The van der Waals surface area contributed by atoms with Gasteiger partial charge in [-0.05, 0) is 29.9 Å². The molecule has 5 atom stereocenters. The smallest absolute Gasteiger partial charge is 0.326 e. The molecule has 0 fully saturated rings. The third-order valence-corrected chi connectivity index (χ3v) is 6.30. The molecule has 2 heterocycles. The first-order valence-electron chi connectivity index (χ1n) is 8.71. The van der Waals surface area contributed by atoms with E-state index in [4.69, 9.17) is 0 Å². The summed E-state index contributed by atoms with van der Waals surface area (Å²) in [5.41, 5.74) is 2.90. The van der Waals surface area contributed by atoms with Gasteiger partial charge in [0.15, 0.2) is 0 Å². The van der Waals surface area contributed by atoms with Crippen LogP contribution in [0.15, 0.2) is 36.4 Å². The Kier molecular flexibility index (Phi) is 2.90. The Morgan fingerprint density at radius 1 is 1.16 bits per heavy atom. The number of hydrogen-bond acceptors (Lipinski definition) is 4. The summed E-state index contributed by atoms with van der Waals surface area (Å²) >= 11 is 0. The van der Waals surface area contributed by atoms with E-state index in [9.17, 15) is 20.0 Å². The number of rotatable bonds is 2. The van der Waals surface area contributed by atoms with E-state index in [1.807, 2.05) is 17.1 Å². The van der Waals surface area contributed by atoms with Crippen LogP contribution in [0.25, 0.3) is 0 Å². The number of benzene rings is 1. The fourth-order valence-electron chi connectivity index (χ4n) is 5.33. The lowest BCUT2D eigenvalue weighted by Gasteiger charge is -2.49. The number of anilines is 1. The van der Waals surface area contributed by atoms with E-state index < -0.39 is 12.0 Å². The summed E-state index contributed by atoms with van der Waals surface area (Å²) in [5.74, 6) is -0.437. The van der Waals surface area contributed by atoms with Gasteiger partial charge < -0.3 is 10.0 Å². The van der Waals surface area contributed by atoms with Crippen LogP contribution in [0.5, 0.6) is 0 Å². The molecule has 6 heteroatoms. The number of nitro benzene ring substituents is 1. The van der Waals surface area contributed by atoms with Gasteiger partial charge in [-0.25, -0.2) is 4.79 Å². The summed E-state index contributed by atoms with van der Waals surface area (Å²) in [6, 6.07) is 2.76. The minimum Gasteiger partial charge on any atom is -0.480 e. The molecular weight excluding hydrogens is 320 g/mol. The van der Waals surface area contributed by atoms with Crippen LogP contribution < -0.4 is 4.90 Å². The molecule has 5 unspecified atom stereocenters. The van der Waals surface area contributed by atoms with Crippen molar-refractivity contribution in [3.8, 4) is 0 Å². The number of aliphatic carboxylic acids is 1. The van der Waals surface area contributed by atoms with E-state index in [1.165, 1.54) is 0 Å². The van der Waals surface area contributed by atoms with Crippen LogP contribution >= 0.6 is 0 Å². The maximum Gasteiger partial charge on any atom is 0.326 e. The molecule has 1 aromatic rings. The second-order valence-corrected chi connectivity index (χ2v) is 7.47. The molecule has 2 aliphatic carbocycles. The highest BCUT2D eigenvalue weighted by molar-refractivity contribution is 5.84. The van der Waals surface area contributed by atoms with Gasteiger partial charge in [0.25, 0.3) is 5.69 Å². The Balaban J connectivity index is 1.79. The lowest BCUT2D eigenvalue weighted by Crippen LogP contribution is -2.54. The van der Waals surface area contributed by atoms with E-state index >= 15 is 0 Å². The van der Waals surface area contributed by atoms with Gasteiger partial charge in [0.2, 0.25) is 0 Å². The van der Waals surface area contributed by atoms with E-state index in [0.29, 0.717) is 18.9 Å². The van der Waals surface area contributed by atoms with Crippen LogP contribution in [0.1, 0.15) is 35.8 Å². The molecular formula is C19H18N2O4. The van der Waals surface area contributed by atoms with Gasteiger partial charge >= 0.3 is 5.97 Å². The summed E-state index contributed by atoms with van der Waals surface area (Å²) in [6.45, 7) is 0.704. The number of fused-ring (bicyclic) bond motifs is 4. The molecule has 5 rings (SSSR count). The van der Waals surface area contributed by atoms with Crippen LogP contribution in [0.4, 0.5) is 11.4 Å². The first-order valence-corrected chi connectivity index (χ1v) is 8.71. The Morgan fingerprint density at radius 2 is 1.84 bits per heavy atom. The van der Waals surface area contributed by atoms with E-state index in [0.717, 1.165) is 23.2 Å². The SMILES string of the molecule is O=C(O)C1C2CC=CC2c2cc([N+](=O)[O-])cc3c2N1CC1CC=CC31. The molecule has 2 aliphatic heterocycles. The Labute approximate surface area is 144 Å². The molecule has 1 N–H and O–H groups in total. The number of carbonyl (C=O) groups is 1. The van der Waals surface area contributed by atoms with E-state index in [-0.39, 0.29) is 28.4 Å². The second-order valence-electron chi connectivity index (χ2n) is 7.47. The summed E-state index contributed by atoms with van der Waals surface area (Å²) in [4.78, 5) is 25.3. The third kappa shape index (κ3) is 1.88. The Hall–Kier alpha value is -2.63. The summed E-state index contributed by atoms with van der Waals surface area (Å²) in [6.07, 6.45) is 9.92. The maximum absolute atomic E-state index is 12.1. The molecule has 0 bridgehead atoms. The van der Waals surface area contributed by atoms with Crippen molar-refractivity contribution in [2.24, 2.45) is 11.8 Å². The van der Waals surface area contributed by atoms with Crippen molar-refractivity contribution >= 4 is 17.3 Å². The van der Waals surface area contributed by atoms with Crippen molar-refractivity contribution < 1.29 is 14.8 Å². The van der Waals surface area contributed by atoms with Gasteiger partial charge in [-0.2, -0.15) is 0 Å². The highest BCUT2D eigenvalue weighted by Gasteiger charge is 2.50. The van der Waals surface area contributed by atoms with Gasteiger partial charge in [0.05, 0.1) is 4.92 Å². The highest BCUT2D eigenvalue weighted by atomic mass is 16.6. The normalized spacial score (nSPS) is 33.8. The molecule has 0 radical (unpaired) electrons. The minimum atomic E-state index is -0.793. The molecule has 0 spiro atoms. The highest BCUT2D eigenvalue weighted by Crippen LogP contribution is 2.55. The second kappa shape index (κ2) is 4.94. The fraction of sp³-hybridized carbons (Fsp3) is 0.421. The predicted molar refractivity (Wildman–Crippen MR) is 91.8 cm³/mol. The number of carboxylic acids is 1. The van der Waals surface area contributed by atoms with Crippen LogP contribution in [0.3, 0.4) is 0 Å². The predicted octanol–water partition coefficient (Wildman–Crippen LogP) is 3.20. The number of nitrogens with zero attached hydrogens (tertiary/aromatic N) is 2. The van der Waals surface area contributed by atoms with E-state index in [2.05, 4.69) is 12.2 Å². The van der Waals surface area contributed by atoms with Crippen molar-refractivity contribution in [3.63, 3.8) is 0 Å². The summed E-state index contributed by atoms with van der Waals surface area (Å²) in [7, 11) is 0. The number of hydrogen-bond donors (Lipinski definition) is 1. The van der Waals surface area contributed by atoms with Crippen LogP contribution in [-0.4, -0.2) is 28.6 Å². The average Bonchev–Trinajstić information content (AvgIpc) is 3.23. The number of allylic oxidation sites excluding steroid dienone is 4. The quantitative estimate of drug-likeness (QED) is 0.508. The molecule has 0 saturated carbocycles. The van der Waals surface area contributed by atoms with Crippen molar-refractivity contribution in [2.45, 2.75) is 30.7 Å². The molecule has 25 heavy (non-hydrogen) atoms. The summed E-state index contributed by atoms with van der Waals surface area (Å²) < 4.78 is 0. The first-order chi connectivity index (χ1) is 12.1. The number of carboxylic acid groups (broad SMARTS) is 1. The Bertz CT molecular complexity index is 842. The average molecular weight is 338 g/mol. The zero-order chi connectivity index (χ0) is 17.3. The van der Waals surface area contributed by atoms with Crippen LogP contribution in [0.2, 0.25) is 0 Å². The minimum absolute atomic E-state index is 0.0482. The van der Waals surface area contributed by atoms with Gasteiger partial charge in [-0.1, -0.05) is 24.3 Å². The lowest BCUT2D eigenvalue weighted by atomic mass is 9.72. The summed E-state index contributed by atoms with van der Waals surface area (Å²) in [5, 5.41) is 21.4. The zero-order valence-corrected chi connectivity index (χ0v) is 13.5. The molecule has 0 saturated heterocycles. The molecule has 6 nitrogen and oxygen atoms in total. The number of non-ortho nitro benzene ring substituents is 1. The lowest BCUT2D eigenvalue weighted by molar-refractivity contribution is -0.385. The van der Waals surface area contributed by atoms with Crippen molar-refractivity contribution in [3.05, 3.63) is 57.7 Å². The van der Waals surface area contributed by atoms with Crippen molar-refractivity contribution in [1.29, 1.82) is 0 Å². The zero-order valence-electron chi connectivity index (χ0n) is 13.5. The topological polar surface area (TPSA) is 83.7 Å². The monoisotopic (exact) mass is 338 g/mol. The largest absolute Gasteiger partial charge is 0.480 e. The Morgan fingerprint density at radius 3 is 2.56 bits per heavy atom. The fourth-order valence-corrected chi connectivity index (χ4v) is 5.33. The molecule has 128 valence electrons. The van der Waals surface area contributed by atoms with Gasteiger partial charge in [0, 0.05) is 42.1 Å². The van der Waals surface area contributed by atoms with Crippen molar-refractivity contribution in [2.75, 3.05) is 11.4 Å².